The summed E-state index contributed by atoms with van der Waals surface area (Å²) in [5, 5.41) is 3.29. The van der Waals surface area contributed by atoms with Crippen molar-refractivity contribution >= 4 is 29.3 Å². The molecular weight excluding hydrogens is 302 g/mol. The van der Waals surface area contributed by atoms with Gasteiger partial charge in [0.25, 0.3) is 5.91 Å². The zero-order chi connectivity index (χ0) is 16.4. The van der Waals surface area contributed by atoms with E-state index in [0.29, 0.717) is 17.5 Å². The van der Waals surface area contributed by atoms with Gasteiger partial charge in [-0.05, 0) is 31.3 Å². The van der Waals surface area contributed by atoms with Crippen LogP contribution in [0, 0.1) is 0 Å². The lowest BCUT2D eigenvalue weighted by atomic mass is 10.2. The van der Waals surface area contributed by atoms with E-state index in [-0.39, 0.29) is 11.9 Å². The van der Waals surface area contributed by atoms with Crippen LogP contribution in [0.1, 0.15) is 12.5 Å². The van der Waals surface area contributed by atoms with Crippen LogP contribution in [0.5, 0.6) is 5.75 Å². The number of benzene rings is 1. The number of para-hydroxylation sites is 1. The standard InChI is InChI=1S/C15H21N3O3S/c1-11(10-20-2)16-15(22)18-17-14(19)9-8-12-6-4-5-7-13(12)21-3/h4-9,11H,10H2,1-3H3,(H,17,19)(H2,16,18,22)/b9-8+/t11-/m0/s1. The summed E-state index contributed by atoms with van der Waals surface area (Å²) in [7, 11) is 3.19. The molecule has 0 bridgehead atoms. The Bertz CT molecular complexity index is 535. The zero-order valence-corrected chi connectivity index (χ0v) is 13.7. The first-order valence-electron chi connectivity index (χ1n) is 6.73. The van der Waals surface area contributed by atoms with E-state index in [9.17, 15) is 4.79 Å². The second-order valence-electron chi connectivity index (χ2n) is 4.52. The number of amides is 1. The van der Waals surface area contributed by atoms with Gasteiger partial charge in [-0.25, -0.2) is 0 Å². The van der Waals surface area contributed by atoms with Crippen molar-refractivity contribution in [2.24, 2.45) is 0 Å². The molecule has 1 rings (SSSR count). The number of thiocarbonyl (C=S) groups is 1. The molecular formula is C15H21N3O3S. The third-order valence-electron chi connectivity index (χ3n) is 2.65. The molecule has 1 aromatic rings. The van der Waals surface area contributed by atoms with Crippen LogP contribution in [0.2, 0.25) is 0 Å². The summed E-state index contributed by atoms with van der Waals surface area (Å²) in [5.41, 5.74) is 5.91. The number of carbonyl (C=O) groups is 1. The van der Waals surface area contributed by atoms with E-state index < -0.39 is 0 Å². The summed E-state index contributed by atoms with van der Waals surface area (Å²) in [4.78, 5) is 11.7. The van der Waals surface area contributed by atoms with E-state index in [1.54, 1.807) is 20.3 Å². The molecule has 1 aromatic carbocycles. The molecule has 0 aliphatic heterocycles. The first-order chi connectivity index (χ1) is 10.6. The van der Waals surface area contributed by atoms with E-state index in [1.165, 1.54) is 6.08 Å². The van der Waals surface area contributed by atoms with Crippen LogP contribution in [0.4, 0.5) is 0 Å². The van der Waals surface area contributed by atoms with Gasteiger partial charge >= 0.3 is 0 Å². The van der Waals surface area contributed by atoms with Crippen molar-refractivity contribution in [3.63, 3.8) is 0 Å². The Kier molecular flexibility index (Phi) is 7.95. The highest BCUT2D eigenvalue weighted by atomic mass is 32.1. The number of rotatable bonds is 6. The van der Waals surface area contributed by atoms with Gasteiger partial charge in [-0.2, -0.15) is 0 Å². The Hall–Kier alpha value is -2.12. The molecule has 7 heteroatoms. The minimum atomic E-state index is -0.325. The van der Waals surface area contributed by atoms with E-state index in [0.717, 1.165) is 5.56 Å². The Balaban J connectivity index is 2.43. The molecule has 6 nitrogen and oxygen atoms in total. The molecule has 0 aliphatic carbocycles. The van der Waals surface area contributed by atoms with Gasteiger partial charge in [0.15, 0.2) is 5.11 Å². The summed E-state index contributed by atoms with van der Waals surface area (Å²) < 4.78 is 10.2. The second-order valence-corrected chi connectivity index (χ2v) is 4.93. The van der Waals surface area contributed by atoms with Crippen LogP contribution in [-0.4, -0.2) is 37.9 Å². The molecule has 0 spiro atoms. The molecule has 22 heavy (non-hydrogen) atoms. The van der Waals surface area contributed by atoms with Gasteiger partial charge in [-0.1, -0.05) is 18.2 Å². The van der Waals surface area contributed by atoms with E-state index >= 15 is 0 Å². The fraction of sp³-hybridized carbons (Fsp3) is 0.333. The SMILES string of the molecule is COC[C@H](C)NC(=S)NNC(=O)/C=C/c1ccccc1OC. The fourth-order valence-electron chi connectivity index (χ4n) is 1.68. The Morgan fingerprint density at radius 1 is 1.32 bits per heavy atom. The average molecular weight is 323 g/mol. The van der Waals surface area contributed by atoms with E-state index in [4.69, 9.17) is 21.7 Å². The van der Waals surface area contributed by atoms with E-state index in [1.807, 2.05) is 31.2 Å². The maximum atomic E-state index is 11.7. The summed E-state index contributed by atoms with van der Waals surface area (Å²) in [6, 6.07) is 7.46. The highest BCUT2D eigenvalue weighted by molar-refractivity contribution is 7.80. The number of nitrogens with one attached hydrogen (secondary N) is 3. The summed E-state index contributed by atoms with van der Waals surface area (Å²) in [5.74, 6) is 0.375. The number of hydrogen-bond donors (Lipinski definition) is 3. The van der Waals surface area contributed by atoms with Gasteiger partial charge in [0.1, 0.15) is 5.75 Å². The number of hydrazine groups is 1. The maximum Gasteiger partial charge on any atom is 0.262 e. The number of methoxy groups -OCH3 is 2. The largest absolute Gasteiger partial charge is 0.496 e. The van der Waals surface area contributed by atoms with Crippen molar-refractivity contribution in [3.8, 4) is 5.75 Å². The van der Waals surface area contributed by atoms with Crippen molar-refractivity contribution in [1.29, 1.82) is 0 Å². The van der Waals surface area contributed by atoms with Crippen molar-refractivity contribution < 1.29 is 14.3 Å². The van der Waals surface area contributed by atoms with Gasteiger partial charge in [-0.15, -0.1) is 0 Å². The number of carbonyl (C=O) groups excluding carboxylic acids is 1. The Labute approximate surface area is 135 Å². The van der Waals surface area contributed by atoms with Crippen LogP contribution in [0.25, 0.3) is 6.08 Å². The van der Waals surface area contributed by atoms with Gasteiger partial charge in [0, 0.05) is 24.8 Å². The highest BCUT2D eigenvalue weighted by Gasteiger charge is 2.04. The van der Waals surface area contributed by atoms with Crippen LogP contribution < -0.4 is 20.9 Å². The molecule has 0 aromatic heterocycles. The summed E-state index contributed by atoms with van der Waals surface area (Å²) in [6.45, 7) is 2.43. The van der Waals surface area contributed by atoms with Gasteiger partial charge in [0.2, 0.25) is 0 Å². The molecule has 0 unspecified atom stereocenters. The normalized spacial score (nSPS) is 11.8. The third-order valence-corrected chi connectivity index (χ3v) is 2.87. The Morgan fingerprint density at radius 3 is 2.73 bits per heavy atom. The predicted molar refractivity (Wildman–Crippen MR) is 90.4 cm³/mol. The van der Waals surface area contributed by atoms with Crippen molar-refractivity contribution in [2.75, 3.05) is 20.8 Å². The second kappa shape index (κ2) is 9.75. The number of hydrogen-bond acceptors (Lipinski definition) is 4. The van der Waals surface area contributed by atoms with Crippen LogP contribution in [0.15, 0.2) is 30.3 Å². The van der Waals surface area contributed by atoms with Crippen LogP contribution in [-0.2, 0) is 9.53 Å². The average Bonchev–Trinajstić information content (AvgIpc) is 2.51. The number of ether oxygens (including phenoxy) is 2. The third kappa shape index (κ3) is 6.55. The Morgan fingerprint density at radius 2 is 2.05 bits per heavy atom. The molecule has 0 aliphatic rings. The zero-order valence-electron chi connectivity index (χ0n) is 12.9. The van der Waals surface area contributed by atoms with Crippen LogP contribution in [0.3, 0.4) is 0 Å². The molecule has 0 fully saturated rings. The predicted octanol–water partition coefficient (Wildman–Crippen LogP) is 1.24. The molecule has 120 valence electrons. The van der Waals surface area contributed by atoms with Crippen molar-refractivity contribution in [3.05, 3.63) is 35.9 Å². The van der Waals surface area contributed by atoms with Gasteiger partial charge < -0.3 is 14.8 Å². The minimum absolute atomic E-state index is 0.0472. The monoisotopic (exact) mass is 323 g/mol. The summed E-state index contributed by atoms with van der Waals surface area (Å²) >= 11 is 5.04. The maximum absolute atomic E-state index is 11.7. The van der Waals surface area contributed by atoms with Crippen molar-refractivity contribution in [1.82, 2.24) is 16.2 Å². The fourth-order valence-corrected chi connectivity index (χ4v) is 1.93. The quantitative estimate of drug-likeness (QED) is 0.416. The van der Waals surface area contributed by atoms with E-state index in [2.05, 4.69) is 16.2 Å². The highest BCUT2D eigenvalue weighted by Crippen LogP contribution is 2.18. The molecule has 0 saturated carbocycles. The molecule has 0 radical (unpaired) electrons. The smallest absolute Gasteiger partial charge is 0.262 e. The molecule has 0 saturated heterocycles. The van der Waals surface area contributed by atoms with Gasteiger partial charge in [0.05, 0.1) is 13.7 Å². The molecule has 1 atom stereocenters. The summed E-state index contributed by atoms with van der Waals surface area (Å²) in [6.07, 6.45) is 3.06. The first-order valence-corrected chi connectivity index (χ1v) is 7.14. The lowest BCUT2D eigenvalue weighted by Crippen LogP contribution is -2.49. The molecule has 0 heterocycles. The first kappa shape index (κ1) is 17.9. The topological polar surface area (TPSA) is 71.6 Å². The lowest BCUT2D eigenvalue weighted by Gasteiger charge is -2.15. The molecule has 3 N–H and O–H groups in total. The van der Waals surface area contributed by atoms with Crippen LogP contribution >= 0.6 is 12.2 Å². The minimum Gasteiger partial charge on any atom is -0.496 e. The van der Waals surface area contributed by atoms with Crippen molar-refractivity contribution in [2.45, 2.75) is 13.0 Å². The molecule has 1 amide bonds. The van der Waals surface area contributed by atoms with Gasteiger partial charge in [-0.3, -0.25) is 15.6 Å². The lowest BCUT2D eigenvalue weighted by molar-refractivity contribution is -0.116.